The van der Waals surface area contributed by atoms with Crippen molar-refractivity contribution in [2.75, 3.05) is 0 Å². The van der Waals surface area contributed by atoms with Crippen LogP contribution in [0.25, 0.3) is 0 Å². The third-order valence-electron chi connectivity index (χ3n) is 0.321. The maximum atomic E-state index is 10.4. The zero-order valence-electron chi connectivity index (χ0n) is 5.25. The topological polar surface area (TPSA) is 34.1 Å². The molecule has 0 aromatic heterocycles. The van der Waals surface area contributed by atoms with E-state index in [1.165, 1.54) is 0 Å². The molecule has 0 atom stereocenters. The van der Waals surface area contributed by atoms with Gasteiger partial charge in [0, 0.05) is 21.4 Å². The molecule has 0 bridgehead atoms. The van der Waals surface area contributed by atoms with Crippen molar-refractivity contribution in [1.29, 1.82) is 0 Å². The van der Waals surface area contributed by atoms with E-state index in [0.717, 1.165) is 0 Å². The minimum atomic E-state index is -6.06. The largest absolute Gasteiger partial charge is 0.487 e. The normalized spacial score (nSPS) is 13.2. The van der Waals surface area contributed by atoms with Crippen molar-refractivity contribution < 1.29 is 34.8 Å². The minimum Gasteiger partial charge on any atom is -0.195 e. The zero-order valence-corrected chi connectivity index (χ0v) is 7.58. The van der Waals surface area contributed by atoms with Crippen LogP contribution in [0.4, 0.5) is 26.3 Å². The third kappa shape index (κ3) is 14.9. The highest BCUT2D eigenvalue weighted by molar-refractivity contribution is 8.31. The van der Waals surface area contributed by atoms with Crippen molar-refractivity contribution in [3.05, 3.63) is 0 Å². The van der Waals surface area contributed by atoms with Gasteiger partial charge in [-0.1, -0.05) is 0 Å². The Labute approximate surface area is 77.3 Å². The Bertz CT molecular complexity index is 218. The van der Waals surface area contributed by atoms with Gasteiger partial charge in [0.25, 0.3) is 0 Å². The molecule has 0 aromatic carbocycles. The maximum absolute atomic E-state index is 10.4. The summed E-state index contributed by atoms with van der Waals surface area (Å²) in [6.45, 7) is 0. The maximum Gasteiger partial charge on any atom is 0.487 e. The zero-order chi connectivity index (χ0) is 11.5. The minimum absolute atomic E-state index is 3.72. The highest BCUT2D eigenvalue weighted by Gasteiger charge is 2.58. The fourth-order valence-electron chi connectivity index (χ4n) is 0. The van der Waals surface area contributed by atoms with Gasteiger partial charge < -0.3 is 0 Å². The van der Waals surface area contributed by atoms with Gasteiger partial charge in [0.1, 0.15) is 0 Å². The Morgan fingerprint density at radius 1 is 0.769 bits per heavy atom. The third-order valence-corrected chi connectivity index (χ3v) is 0.321. The number of hydrogen-bond donors (Lipinski definition) is 0. The van der Waals surface area contributed by atoms with E-state index in [2.05, 4.69) is 21.4 Å². The van der Waals surface area contributed by atoms with E-state index in [4.69, 9.17) is 8.42 Å². The molecule has 0 spiro atoms. The van der Waals surface area contributed by atoms with E-state index in [-0.39, 0.29) is 0 Å². The lowest BCUT2D eigenvalue weighted by Crippen LogP contribution is -2.30. The molecule has 0 amide bonds. The molecule has 82 valence electrons. The molecule has 0 unspecified atom stereocenters. The Hall–Kier alpha value is 0.110. The molecule has 11 heteroatoms. The van der Waals surface area contributed by atoms with Crippen LogP contribution in [0.2, 0.25) is 0 Å². The van der Waals surface area contributed by atoms with Gasteiger partial charge in [-0.15, -0.1) is 0 Å². The molecule has 0 saturated heterocycles. The van der Waals surface area contributed by atoms with Crippen molar-refractivity contribution in [1.82, 2.24) is 0 Å². The molecule has 2 nitrogen and oxygen atoms in total. The SMILES string of the molecule is FC(F)(F)C(F)(F)F.O=S(=O)(Cl)Cl. The lowest BCUT2D eigenvalue weighted by atomic mass is 10.7. The van der Waals surface area contributed by atoms with Gasteiger partial charge in [-0.2, -0.15) is 34.8 Å². The molecule has 0 radical (unpaired) electrons. The van der Waals surface area contributed by atoms with Gasteiger partial charge in [0.2, 0.25) is 0 Å². The Morgan fingerprint density at radius 2 is 0.846 bits per heavy atom. The van der Waals surface area contributed by atoms with E-state index in [9.17, 15) is 26.3 Å². The van der Waals surface area contributed by atoms with Gasteiger partial charge in [0.05, 0.1) is 0 Å². The molecule has 0 heterocycles. The van der Waals surface area contributed by atoms with E-state index in [0.29, 0.717) is 0 Å². The fraction of sp³-hybridized carbons (Fsp3) is 1.00. The van der Waals surface area contributed by atoms with Crippen LogP contribution in [0, 0.1) is 0 Å². The van der Waals surface area contributed by atoms with Gasteiger partial charge in [-0.05, 0) is 0 Å². The van der Waals surface area contributed by atoms with Crippen molar-refractivity contribution in [2.24, 2.45) is 0 Å². The van der Waals surface area contributed by atoms with Gasteiger partial charge in [-0.3, -0.25) is 0 Å². The predicted octanol–water partition coefficient (Wildman–Crippen LogP) is 2.82. The van der Waals surface area contributed by atoms with E-state index < -0.39 is 20.6 Å². The second-order valence-electron chi connectivity index (χ2n) is 1.37. The first-order chi connectivity index (χ1) is 5.25. The summed E-state index contributed by atoms with van der Waals surface area (Å²) in [7, 11) is 4.81. The van der Waals surface area contributed by atoms with E-state index in [1.807, 2.05) is 0 Å². The highest BCUT2D eigenvalue weighted by atomic mass is 36.0. The summed E-state index contributed by atoms with van der Waals surface area (Å²) in [6, 6.07) is 0. The standard InChI is InChI=1S/C2F6.Cl2O2S/c3-1(4,5)2(6,7)8;1-5(2,3)4. The summed E-state index contributed by atoms with van der Waals surface area (Å²) in [4.78, 5) is 0. The summed E-state index contributed by atoms with van der Waals surface area (Å²) in [5.74, 6) is 0. The molecule has 0 saturated carbocycles. The first-order valence-corrected chi connectivity index (χ1v) is 5.16. The van der Waals surface area contributed by atoms with Crippen LogP contribution in [0.1, 0.15) is 0 Å². The van der Waals surface area contributed by atoms with Crippen LogP contribution < -0.4 is 0 Å². The van der Waals surface area contributed by atoms with Gasteiger partial charge in [0.15, 0.2) is 0 Å². The molecular weight excluding hydrogens is 273 g/mol. The van der Waals surface area contributed by atoms with Gasteiger partial charge in [-0.25, -0.2) is 0 Å². The van der Waals surface area contributed by atoms with Crippen LogP contribution in [0.3, 0.4) is 0 Å². The van der Waals surface area contributed by atoms with Crippen LogP contribution >= 0.6 is 21.4 Å². The van der Waals surface area contributed by atoms with E-state index in [1.54, 1.807) is 0 Å². The van der Waals surface area contributed by atoms with E-state index >= 15 is 0 Å². The number of alkyl halides is 6. The first kappa shape index (κ1) is 15.6. The summed E-state index contributed by atoms with van der Waals surface area (Å²) >= 11 is 0. The first-order valence-electron chi connectivity index (χ1n) is 2.03. The van der Waals surface area contributed by atoms with Gasteiger partial charge >= 0.3 is 20.6 Å². The summed E-state index contributed by atoms with van der Waals surface area (Å²) in [5, 5.41) is 0. The molecule has 0 fully saturated rings. The lowest BCUT2D eigenvalue weighted by molar-refractivity contribution is -0.339. The monoisotopic (exact) mass is 272 g/mol. The molecular formula is C2Cl2F6O2S. The summed E-state index contributed by atoms with van der Waals surface area (Å²) < 4.78 is 81.0. The van der Waals surface area contributed by atoms with Crippen LogP contribution in [-0.2, 0) is 8.26 Å². The predicted molar refractivity (Wildman–Crippen MR) is 32.7 cm³/mol. The molecule has 0 aromatic rings. The quantitative estimate of drug-likeness (QED) is 0.502. The number of rotatable bonds is 0. The molecule has 0 aliphatic carbocycles. The summed E-state index contributed by atoms with van der Waals surface area (Å²) in [5.41, 5.74) is 0. The second-order valence-corrected chi connectivity index (χ2v) is 5.04. The van der Waals surface area contributed by atoms with Crippen molar-refractivity contribution in [3.8, 4) is 0 Å². The molecule has 0 N–H and O–H groups in total. The van der Waals surface area contributed by atoms with Crippen molar-refractivity contribution in [3.63, 3.8) is 0 Å². The Balaban J connectivity index is 0. The fourth-order valence-corrected chi connectivity index (χ4v) is 0. The average molecular weight is 273 g/mol. The Morgan fingerprint density at radius 3 is 0.846 bits per heavy atom. The van der Waals surface area contributed by atoms with Crippen LogP contribution in [-0.4, -0.2) is 20.8 Å². The number of halogens is 8. The lowest BCUT2D eigenvalue weighted by Gasteiger charge is -2.08. The summed E-state index contributed by atoms with van der Waals surface area (Å²) in [6.07, 6.45) is -12.1. The number of hydrogen-bond acceptors (Lipinski definition) is 2. The molecule has 0 aliphatic rings. The average Bonchev–Trinajstić information content (AvgIpc) is 1.50. The van der Waals surface area contributed by atoms with Crippen molar-refractivity contribution >= 4 is 29.6 Å². The van der Waals surface area contributed by atoms with Crippen molar-refractivity contribution in [2.45, 2.75) is 12.4 Å². The molecule has 0 aliphatic heterocycles. The van der Waals surface area contributed by atoms with Crippen LogP contribution in [0.15, 0.2) is 0 Å². The molecule has 13 heavy (non-hydrogen) atoms. The highest BCUT2D eigenvalue weighted by Crippen LogP contribution is 2.35. The molecule has 0 rings (SSSR count). The smallest absolute Gasteiger partial charge is 0.195 e. The Kier molecular flexibility index (Phi) is 5.46. The second kappa shape index (κ2) is 4.56. The van der Waals surface area contributed by atoms with Crippen LogP contribution in [0.5, 0.6) is 0 Å².